The van der Waals surface area contributed by atoms with Crippen molar-refractivity contribution in [1.82, 2.24) is 0 Å². The van der Waals surface area contributed by atoms with Crippen LogP contribution in [-0.2, 0) is 9.63 Å². The van der Waals surface area contributed by atoms with Gasteiger partial charge in [-0.05, 0) is 6.54 Å². The van der Waals surface area contributed by atoms with Gasteiger partial charge in [0.1, 0.15) is 5.84 Å². The topological polar surface area (TPSA) is 90.7 Å². The van der Waals surface area contributed by atoms with E-state index in [1.165, 1.54) is 6.92 Å². The molecule has 0 atom stereocenters. The average molecular weight is 145 g/mol. The molecular formula is C5H11N3O2. The Labute approximate surface area is 59.0 Å². The van der Waals surface area contributed by atoms with Crippen LogP contribution in [0.2, 0.25) is 0 Å². The van der Waals surface area contributed by atoms with Gasteiger partial charge in [-0.25, -0.2) is 4.79 Å². The zero-order valence-electron chi connectivity index (χ0n) is 5.83. The van der Waals surface area contributed by atoms with Crippen LogP contribution < -0.4 is 11.5 Å². The number of carbonyl (C=O) groups excluding carboxylic acids is 1. The molecule has 0 aromatic heterocycles. The lowest BCUT2D eigenvalue weighted by Gasteiger charge is -1.94. The first-order valence-electron chi connectivity index (χ1n) is 2.86. The summed E-state index contributed by atoms with van der Waals surface area (Å²) in [5.41, 5.74) is 10.4. The van der Waals surface area contributed by atoms with E-state index in [9.17, 15) is 4.79 Å². The zero-order chi connectivity index (χ0) is 7.98. The van der Waals surface area contributed by atoms with E-state index in [4.69, 9.17) is 11.5 Å². The maximum Gasteiger partial charge on any atom is 0.332 e. The number of rotatable bonds is 3. The number of hydrogen-bond donors (Lipinski definition) is 2. The minimum Gasteiger partial charge on any atom is -0.384 e. The van der Waals surface area contributed by atoms with E-state index in [0.29, 0.717) is 13.0 Å². The molecule has 0 unspecified atom stereocenters. The summed E-state index contributed by atoms with van der Waals surface area (Å²) in [5.74, 6) is -0.252. The molecule has 4 N–H and O–H groups in total. The van der Waals surface area contributed by atoms with Crippen LogP contribution in [-0.4, -0.2) is 18.3 Å². The van der Waals surface area contributed by atoms with Crippen molar-refractivity contribution in [3.8, 4) is 0 Å². The summed E-state index contributed by atoms with van der Waals surface area (Å²) in [6.07, 6.45) is 0.438. The Morgan fingerprint density at radius 1 is 1.70 bits per heavy atom. The first-order chi connectivity index (χ1) is 4.66. The second-order valence-electron chi connectivity index (χ2n) is 1.70. The molecule has 0 amide bonds. The molecule has 5 heteroatoms. The summed E-state index contributed by atoms with van der Waals surface area (Å²) in [4.78, 5) is 14.4. The number of carbonyl (C=O) groups is 1. The predicted octanol–water partition coefficient (Wildman–Crippen LogP) is -0.829. The fourth-order valence-corrected chi connectivity index (χ4v) is 0.316. The van der Waals surface area contributed by atoms with Crippen molar-refractivity contribution in [2.45, 2.75) is 13.3 Å². The van der Waals surface area contributed by atoms with E-state index in [1.807, 2.05) is 0 Å². The molecule has 0 aliphatic heterocycles. The highest BCUT2D eigenvalue weighted by molar-refractivity contribution is 5.80. The van der Waals surface area contributed by atoms with E-state index in [2.05, 4.69) is 9.99 Å². The van der Waals surface area contributed by atoms with E-state index in [1.54, 1.807) is 0 Å². The number of nitrogens with zero attached hydrogens (tertiary/aromatic N) is 1. The maximum atomic E-state index is 10.1. The predicted molar refractivity (Wildman–Crippen MR) is 37.1 cm³/mol. The fraction of sp³-hybridized carbons (Fsp3) is 0.600. The van der Waals surface area contributed by atoms with Crippen LogP contribution in [0.5, 0.6) is 0 Å². The minimum atomic E-state index is -0.486. The van der Waals surface area contributed by atoms with Gasteiger partial charge in [-0.3, -0.25) is 0 Å². The lowest BCUT2D eigenvalue weighted by molar-refractivity contribution is -0.140. The number of hydrogen-bond acceptors (Lipinski definition) is 4. The van der Waals surface area contributed by atoms with Crippen molar-refractivity contribution >= 4 is 11.8 Å². The Morgan fingerprint density at radius 3 is 2.70 bits per heavy atom. The number of oxime groups is 1. The molecule has 0 heterocycles. The third-order valence-electron chi connectivity index (χ3n) is 0.692. The SMILES string of the molecule is CC(=O)O/N=C(/N)CCN. The summed E-state index contributed by atoms with van der Waals surface area (Å²) < 4.78 is 0. The lowest BCUT2D eigenvalue weighted by atomic mass is 10.4. The van der Waals surface area contributed by atoms with Gasteiger partial charge in [0.05, 0.1) is 0 Å². The van der Waals surface area contributed by atoms with Gasteiger partial charge >= 0.3 is 5.97 Å². The second kappa shape index (κ2) is 4.75. The maximum absolute atomic E-state index is 10.1. The van der Waals surface area contributed by atoms with Crippen molar-refractivity contribution in [3.05, 3.63) is 0 Å². The molecule has 0 aliphatic rings. The highest BCUT2D eigenvalue weighted by Crippen LogP contribution is 1.80. The third kappa shape index (κ3) is 5.04. The summed E-state index contributed by atoms with van der Waals surface area (Å²) in [6, 6.07) is 0. The quantitative estimate of drug-likeness (QED) is 0.235. The first-order valence-corrected chi connectivity index (χ1v) is 2.86. The van der Waals surface area contributed by atoms with E-state index >= 15 is 0 Å². The third-order valence-corrected chi connectivity index (χ3v) is 0.692. The normalized spacial score (nSPS) is 11.2. The van der Waals surface area contributed by atoms with Gasteiger partial charge in [-0.15, -0.1) is 0 Å². The monoisotopic (exact) mass is 145 g/mol. The van der Waals surface area contributed by atoms with Crippen LogP contribution in [0, 0.1) is 0 Å². The van der Waals surface area contributed by atoms with Crippen molar-refractivity contribution < 1.29 is 9.63 Å². The summed E-state index contributed by atoms with van der Waals surface area (Å²) in [5, 5.41) is 3.28. The van der Waals surface area contributed by atoms with Gasteiger partial charge in [0, 0.05) is 13.3 Å². The zero-order valence-corrected chi connectivity index (χ0v) is 5.83. The Bertz CT molecular complexity index is 144. The molecule has 0 spiro atoms. The van der Waals surface area contributed by atoms with Crippen LogP contribution in [0.25, 0.3) is 0 Å². The largest absolute Gasteiger partial charge is 0.384 e. The molecule has 0 saturated carbocycles. The van der Waals surface area contributed by atoms with Gasteiger partial charge in [0.15, 0.2) is 0 Å². The van der Waals surface area contributed by atoms with Crippen molar-refractivity contribution in [3.63, 3.8) is 0 Å². The molecule has 0 aromatic carbocycles. The van der Waals surface area contributed by atoms with Crippen LogP contribution in [0.15, 0.2) is 5.16 Å². The highest BCUT2D eigenvalue weighted by atomic mass is 16.7. The van der Waals surface area contributed by atoms with Gasteiger partial charge < -0.3 is 16.3 Å². The van der Waals surface area contributed by atoms with Gasteiger partial charge in [0.2, 0.25) is 0 Å². The molecule has 0 saturated heterocycles. The average Bonchev–Trinajstić information content (AvgIpc) is 1.85. The van der Waals surface area contributed by atoms with Crippen molar-refractivity contribution in [2.75, 3.05) is 6.54 Å². The van der Waals surface area contributed by atoms with Crippen LogP contribution >= 0.6 is 0 Å². The van der Waals surface area contributed by atoms with Gasteiger partial charge in [-0.1, -0.05) is 5.16 Å². The highest BCUT2D eigenvalue weighted by Gasteiger charge is 1.92. The molecule has 10 heavy (non-hydrogen) atoms. The molecule has 0 radical (unpaired) electrons. The Morgan fingerprint density at radius 2 is 2.30 bits per heavy atom. The Balaban J connectivity index is 3.57. The Hall–Kier alpha value is -1.10. The molecule has 0 bridgehead atoms. The second-order valence-corrected chi connectivity index (χ2v) is 1.70. The lowest BCUT2D eigenvalue weighted by Crippen LogP contribution is -2.17. The summed E-state index contributed by atoms with van der Waals surface area (Å²) in [6.45, 7) is 1.65. The molecule has 0 aliphatic carbocycles. The van der Waals surface area contributed by atoms with E-state index in [0.717, 1.165) is 0 Å². The molecule has 0 fully saturated rings. The van der Waals surface area contributed by atoms with Crippen molar-refractivity contribution in [2.24, 2.45) is 16.6 Å². The van der Waals surface area contributed by atoms with Crippen LogP contribution in [0.4, 0.5) is 0 Å². The summed E-state index contributed by atoms with van der Waals surface area (Å²) in [7, 11) is 0. The van der Waals surface area contributed by atoms with E-state index < -0.39 is 5.97 Å². The van der Waals surface area contributed by atoms with Crippen molar-refractivity contribution in [1.29, 1.82) is 0 Å². The summed E-state index contributed by atoms with van der Waals surface area (Å²) >= 11 is 0. The van der Waals surface area contributed by atoms with Gasteiger partial charge in [-0.2, -0.15) is 0 Å². The molecule has 58 valence electrons. The number of nitrogens with two attached hydrogens (primary N) is 2. The van der Waals surface area contributed by atoms with E-state index in [-0.39, 0.29) is 5.84 Å². The molecular weight excluding hydrogens is 134 g/mol. The van der Waals surface area contributed by atoms with Crippen LogP contribution in [0.1, 0.15) is 13.3 Å². The Kier molecular flexibility index (Phi) is 4.23. The molecule has 0 rings (SSSR count). The molecule has 5 nitrogen and oxygen atoms in total. The minimum absolute atomic E-state index is 0.234. The fourth-order valence-electron chi connectivity index (χ4n) is 0.316. The standard InChI is InChI=1S/C5H11N3O2/c1-4(9)10-8-5(7)2-3-6/h2-3,6H2,1H3,(H2,7,8). The number of amidine groups is 1. The van der Waals surface area contributed by atoms with Crippen LogP contribution in [0.3, 0.4) is 0 Å². The smallest absolute Gasteiger partial charge is 0.332 e. The first kappa shape index (κ1) is 8.90. The molecule has 0 aromatic rings. The van der Waals surface area contributed by atoms with Gasteiger partial charge in [0.25, 0.3) is 0 Å².